The third kappa shape index (κ3) is 1.75. The molecule has 1 aliphatic rings. The summed E-state index contributed by atoms with van der Waals surface area (Å²) >= 11 is 0. The lowest BCUT2D eigenvalue weighted by Gasteiger charge is -2.05. The number of nitrogens with zero attached hydrogens (tertiary/aromatic N) is 1. The van der Waals surface area contributed by atoms with Crippen molar-refractivity contribution in [2.75, 3.05) is 13.1 Å². The molecule has 0 spiro atoms. The number of aromatic nitrogens is 1. The van der Waals surface area contributed by atoms with Crippen molar-refractivity contribution in [3.05, 3.63) is 30.1 Å². The number of pyridine rings is 1. The minimum atomic E-state index is 0.157. The Hall–Kier alpha value is -1.22. The maximum absolute atomic E-state index is 11.8. The Morgan fingerprint density at radius 3 is 3.15 bits per heavy atom. The molecule has 1 aromatic rings. The Balaban J connectivity index is 2.13. The zero-order valence-corrected chi connectivity index (χ0v) is 7.36. The van der Waals surface area contributed by atoms with Gasteiger partial charge >= 0.3 is 0 Å². The summed E-state index contributed by atoms with van der Waals surface area (Å²) in [5.74, 6) is 0.377. The SMILES string of the molecule is O=C(c1cccnc1)[C@H]1CCNC1. The van der Waals surface area contributed by atoms with E-state index < -0.39 is 0 Å². The molecule has 1 fully saturated rings. The molecule has 0 aromatic carbocycles. The molecular formula is C10H12N2O. The second kappa shape index (κ2) is 3.66. The number of hydrogen-bond donors (Lipinski definition) is 1. The lowest BCUT2D eigenvalue weighted by Crippen LogP contribution is -2.17. The van der Waals surface area contributed by atoms with Crippen molar-refractivity contribution in [2.24, 2.45) is 5.92 Å². The van der Waals surface area contributed by atoms with Crippen LogP contribution in [0.15, 0.2) is 24.5 Å². The molecule has 0 aliphatic carbocycles. The Labute approximate surface area is 77.2 Å². The number of nitrogens with one attached hydrogen (secondary N) is 1. The van der Waals surface area contributed by atoms with E-state index in [2.05, 4.69) is 10.3 Å². The molecule has 0 unspecified atom stereocenters. The average molecular weight is 176 g/mol. The van der Waals surface area contributed by atoms with Gasteiger partial charge in [-0.25, -0.2) is 0 Å². The van der Waals surface area contributed by atoms with Crippen LogP contribution >= 0.6 is 0 Å². The molecule has 13 heavy (non-hydrogen) atoms. The minimum Gasteiger partial charge on any atom is -0.316 e. The van der Waals surface area contributed by atoms with Gasteiger partial charge in [-0.15, -0.1) is 0 Å². The van der Waals surface area contributed by atoms with Gasteiger partial charge in [0.1, 0.15) is 0 Å². The third-order valence-electron chi connectivity index (χ3n) is 2.38. The molecule has 0 saturated carbocycles. The zero-order chi connectivity index (χ0) is 9.10. The first-order valence-corrected chi connectivity index (χ1v) is 4.53. The fraction of sp³-hybridized carbons (Fsp3) is 0.400. The van der Waals surface area contributed by atoms with E-state index >= 15 is 0 Å². The van der Waals surface area contributed by atoms with Crippen molar-refractivity contribution in [3.63, 3.8) is 0 Å². The predicted molar refractivity (Wildman–Crippen MR) is 49.5 cm³/mol. The number of rotatable bonds is 2. The summed E-state index contributed by atoms with van der Waals surface area (Å²) in [5, 5.41) is 3.18. The van der Waals surface area contributed by atoms with Crippen LogP contribution in [0, 0.1) is 5.92 Å². The first-order chi connectivity index (χ1) is 6.38. The summed E-state index contributed by atoms with van der Waals surface area (Å²) in [6.07, 6.45) is 4.28. The summed E-state index contributed by atoms with van der Waals surface area (Å²) in [4.78, 5) is 15.7. The molecule has 1 saturated heterocycles. The average Bonchev–Trinajstić information content (AvgIpc) is 2.71. The topological polar surface area (TPSA) is 42.0 Å². The largest absolute Gasteiger partial charge is 0.316 e. The molecule has 0 amide bonds. The van der Waals surface area contributed by atoms with Gasteiger partial charge in [0.25, 0.3) is 0 Å². The number of carbonyl (C=O) groups excluding carboxylic acids is 1. The van der Waals surface area contributed by atoms with E-state index in [9.17, 15) is 4.79 Å². The monoisotopic (exact) mass is 176 g/mol. The van der Waals surface area contributed by atoms with E-state index in [1.54, 1.807) is 18.5 Å². The van der Waals surface area contributed by atoms with E-state index in [0.717, 1.165) is 25.1 Å². The molecule has 1 aromatic heterocycles. The Kier molecular flexibility index (Phi) is 2.36. The van der Waals surface area contributed by atoms with E-state index in [1.165, 1.54) is 0 Å². The predicted octanol–water partition coefficient (Wildman–Crippen LogP) is 0.874. The normalized spacial score (nSPS) is 21.7. The number of Topliss-reactive ketones (excluding diaryl/α,β-unsaturated/α-hetero) is 1. The van der Waals surface area contributed by atoms with Crippen molar-refractivity contribution < 1.29 is 4.79 Å². The highest BCUT2D eigenvalue weighted by molar-refractivity contribution is 5.97. The van der Waals surface area contributed by atoms with E-state index in [0.29, 0.717) is 0 Å². The van der Waals surface area contributed by atoms with Gasteiger partial charge < -0.3 is 5.32 Å². The van der Waals surface area contributed by atoms with Gasteiger partial charge in [-0.05, 0) is 25.1 Å². The Bertz CT molecular complexity index is 291. The summed E-state index contributed by atoms with van der Waals surface area (Å²) in [5.41, 5.74) is 0.733. The van der Waals surface area contributed by atoms with Crippen molar-refractivity contribution >= 4 is 5.78 Å². The van der Waals surface area contributed by atoms with Crippen molar-refractivity contribution in [3.8, 4) is 0 Å². The van der Waals surface area contributed by atoms with Gasteiger partial charge in [-0.1, -0.05) is 0 Å². The molecule has 2 rings (SSSR count). The van der Waals surface area contributed by atoms with Gasteiger partial charge in [-0.2, -0.15) is 0 Å². The van der Waals surface area contributed by atoms with Gasteiger partial charge in [0, 0.05) is 30.4 Å². The van der Waals surface area contributed by atoms with Crippen molar-refractivity contribution in [1.29, 1.82) is 0 Å². The molecule has 0 bridgehead atoms. The Morgan fingerprint density at radius 2 is 2.54 bits per heavy atom. The minimum absolute atomic E-state index is 0.157. The summed E-state index contributed by atoms with van der Waals surface area (Å²) in [6.45, 7) is 1.77. The van der Waals surface area contributed by atoms with Gasteiger partial charge in [0.05, 0.1) is 0 Å². The fourth-order valence-corrected chi connectivity index (χ4v) is 1.62. The Morgan fingerprint density at radius 1 is 1.62 bits per heavy atom. The first kappa shape index (κ1) is 8.38. The van der Waals surface area contributed by atoms with Crippen LogP contribution < -0.4 is 5.32 Å². The smallest absolute Gasteiger partial charge is 0.168 e. The molecule has 3 heteroatoms. The van der Waals surface area contributed by atoms with E-state index in [-0.39, 0.29) is 11.7 Å². The number of hydrogen-bond acceptors (Lipinski definition) is 3. The number of carbonyl (C=O) groups is 1. The summed E-state index contributed by atoms with van der Waals surface area (Å²) in [6, 6.07) is 3.63. The van der Waals surface area contributed by atoms with Crippen molar-refractivity contribution in [1.82, 2.24) is 10.3 Å². The quantitative estimate of drug-likeness (QED) is 0.680. The zero-order valence-electron chi connectivity index (χ0n) is 7.36. The molecule has 1 aliphatic heterocycles. The highest BCUT2D eigenvalue weighted by atomic mass is 16.1. The summed E-state index contributed by atoms with van der Waals surface area (Å²) < 4.78 is 0. The first-order valence-electron chi connectivity index (χ1n) is 4.53. The standard InChI is InChI=1S/C10H12N2O/c13-10(9-3-5-12-7-9)8-2-1-4-11-6-8/h1-2,4,6,9,12H,3,5,7H2/t9-/m0/s1. The van der Waals surface area contributed by atoms with E-state index in [4.69, 9.17) is 0 Å². The molecule has 0 radical (unpaired) electrons. The highest BCUT2D eigenvalue weighted by Crippen LogP contribution is 2.14. The van der Waals surface area contributed by atoms with Crippen LogP contribution in [0.1, 0.15) is 16.8 Å². The lowest BCUT2D eigenvalue weighted by molar-refractivity contribution is 0.0930. The molecule has 2 heterocycles. The van der Waals surface area contributed by atoms with Crippen molar-refractivity contribution in [2.45, 2.75) is 6.42 Å². The van der Waals surface area contributed by atoms with Gasteiger partial charge in [0.2, 0.25) is 0 Å². The molecule has 1 atom stereocenters. The van der Waals surface area contributed by atoms with Gasteiger partial charge in [-0.3, -0.25) is 9.78 Å². The maximum Gasteiger partial charge on any atom is 0.168 e. The maximum atomic E-state index is 11.8. The molecule has 68 valence electrons. The highest BCUT2D eigenvalue weighted by Gasteiger charge is 2.23. The van der Waals surface area contributed by atoms with Crippen LogP contribution in [0.5, 0.6) is 0 Å². The van der Waals surface area contributed by atoms with E-state index in [1.807, 2.05) is 6.07 Å². The molecule has 1 N–H and O–H groups in total. The van der Waals surface area contributed by atoms with Crippen LogP contribution in [-0.4, -0.2) is 23.9 Å². The molecule has 3 nitrogen and oxygen atoms in total. The third-order valence-corrected chi connectivity index (χ3v) is 2.38. The van der Waals surface area contributed by atoms with Crippen LogP contribution in [0.25, 0.3) is 0 Å². The van der Waals surface area contributed by atoms with Crippen LogP contribution in [0.3, 0.4) is 0 Å². The second-order valence-electron chi connectivity index (χ2n) is 3.30. The van der Waals surface area contributed by atoms with Crippen LogP contribution in [-0.2, 0) is 0 Å². The number of ketones is 1. The lowest BCUT2D eigenvalue weighted by atomic mass is 9.98. The van der Waals surface area contributed by atoms with Crippen LogP contribution in [0.4, 0.5) is 0 Å². The fourth-order valence-electron chi connectivity index (χ4n) is 1.62. The van der Waals surface area contributed by atoms with Crippen LogP contribution in [0.2, 0.25) is 0 Å². The molecular weight excluding hydrogens is 164 g/mol. The second-order valence-corrected chi connectivity index (χ2v) is 3.30. The summed E-state index contributed by atoms with van der Waals surface area (Å²) in [7, 11) is 0. The van der Waals surface area contributed by atoms with Gasteiger partial charge in [0.15, 0.2) is 5.78 Å².